The van der Waals surface area contributed by atoms with Crippen LogP contribution in [-0.2, 0) is 14.3 Å². The van der Waals surface area contributed by atoms with Gasteiger partial charge in [0.2, 0.25) is 11.8 Å². The summed E-state index contributed by atoms with van der Waals surface area (Å²) in [7, 11) is 1.31. The van der Waals surface area contributed by atoms with Crippen LogP contribution in [-0.4, -0.2) is 90.1 Å². The largest absolute Gasteiger partial charge is 0.465 e. The van der Waals surface area contributed by atoms with Crippen molar-refractivity contribution in [3.05, 3.63) is 84.7 Å². The minimum atomic E-state index is -1.19. The Labute approximate surface area is 367 Å². The molecule has 2 saturated carbocycles. The van der Waals surface area contributed by atoms with Crippen molar-refractivity contribution < 1.29 is 29.0 Å². The minimum Gasteiger partial charge on any atom is -0.465 e. The molecule has 3 aromatic carbocycles. The van der Waals surface area contributed by atoms with E-state index in [1.807, 2.05) is 49.9 Å². The van der Waals surface area contributed by atoms with Crippen LogP contribution in [0.1, 0.15) is 103 Å². The number of likely N-dealkylation sites (tertiary alicyclic amines) is 2. The number of aromatic amines is 2. The molecular weight excluding hydrogens is 797 g/mol. The number of imidazole rings is 2. The average molecular weight is 855 g/mol. The van der Waals surface area contributed by atoms with Crippen LogP contribution >= 0.6 is 0 Å². The Morgan fingerprint density at radius 3 is 1.62 bits per heavy atom. The number of methoxy groups -OCH3 is 1. The minimum absolute atomic E-state index is 0.0870. The summed E-state index contributed by atoms with van der Waals surface area (Å²) in [6.07, 6.45) is 9.84. The van der Waals surface area contributed by atoms with Crippen molar-refractivity contribution in [2.75, 3.05) is 7.11 Å². The molecule has 63 heavy (non-hydrogen) atoms. The molecule has 14 nitrogen and oxygen atoms in total. The summed E-state index contributed by atoms with van der Waals surface area (Å²) in [4.78, 5) is 72.7. The first-order valence-electron chi connectivity index (χ1n) is 22.6. The van der Waals surface area contributed by atoms with E-state index in [9.17, 15) is 24.3 Å². The number of nitrogens with zero attached hydrogens (tertiary/aromatic N) is 4. The zero-order valence-corrected chi connectivity index (χ0v) is 36.6. The van der Waals surface area contributed by atoms with Crippen molar-refractivity contribution in [2.45, 2.75) is 115 Å². The highest BCUT2D eigenvalue weighted by Gasteiger charge is 2.51. The SMILES string of the molecule is COC(=O)NC(C(=O)N1[C@H](c2nc(-c3ccc(-c4ccc5cc(-c6c[nH]c([C@@H]7C[C@@H]8CCC[C@@H]8N7C(=O)C(NC(=O)O)C(C)C)n6)ccc5c4)cc3)c[nH]2)C[C@@H]2CCC[C@@H]21)C(C)C. The fraction of sp³-hybridized carbons (Fsp3) is 0.469. The van der Waals surface area contributed by atoms with Gasteiger partial charge in [-0.15, -0.1) is 0 Å². The molecule has 0 bridgehead atoms. The third-order valence-electron chi connectivity index (χ3n) is 14.3. The van der Waals surface area contributed by atoms with Gasteiger partial charge in [-0.25, -0.2) is 19.6 Å². The second-order valence-corrected chi connectivity index (χ2v) is 18.7. The monoisotopic (exact) mass is 854 g/mol. The number of H-pyrrole nitrogens is 2. The van der Waals surface area contributed by atoms with Gasteiger partial charge in [0, 0.05) is 35.6 Å². The van der Waals surface area contributed by atoms with Crippen LogP contribution in [0.4, 0.5) is 9.59 Å². The molecule has 4 heterocycles. The van der Waals surface area contributed by atoms with E-state index < -0.39 is 24.3 Å². The highest BCUT2D eigenvalue weighted by Crippen LogP contribution is 2.49. The number of nitrogens with one attached hydrogen (secondary N) is 4. The first kappa shape index (κ1) is 42.1. The van der Waals surface area contributed by atoms with Crippen LogP contribution in [0.2, 0.25) is 0 Å². The molecule has 2 aromatic heterocycles. The Hall–Kier alpha value is -6.18. The maximum Gasteiger partial charge on any atom is 0.407 e. The molecule has 4 aliphatic rings. The van der Waals surface area contributed by atoms with Crippen LogP contribution in [0.5, 0.6) is 0 Å². The number of alkyl carbamates (subject to hydrolysis) is 1. The summed E-state index contributed by atoms with van der Waals surface area (Å²) in [5.41, 5.74) is 5.72. The summed E-state index contributed by atoms with van der Waals surface area (Å²) in [6, 6.07) is 19.4. The van der Waals surface area contributed by atoms with E-state index in [-0.39, 0.29) is 47.8 Å². The normalized spacial score (nSPS) is 23.9. The Kier molecular flexibility index (Phi) is 11.5. The summed E-state index contributed by atoms with van der Waals surface area (Å²) < 4.78 is 4.85. The van der Waals surface area contributed by atoms with E-state index in [1.54, 1.807) is 0 Å². The van der Waals surface area contributed by atoms with E-state index in [2.05, 4.69) is 81.3 Å². The molecular formula is C49H58N8O6. The molecule has 2 aliphatic heterocycles. The number of hydrogen-bond donors (Lipinski definition) is 5. The first-order valence-corrected chi connectivity index (χ1v) is 22.6. The number of rotatable bonds is 11. The number of carbonyl (C=O) groups excluding carboxylic acids is 3. The predicted molar refractivity (Wildman–Crippen MR) is 239 cm³/mol. The van der Waals surface area contributed by atoms with E-state index >= 15 is 0 Å². The van der Waals surface area contributed by atoms with Gasteiger partial charge in [-0.05, 0) is 96.2 Å². The lowest BCUT2D eigenvalue weighted by Crippen LogP contribution is -2.53. The summed E-state index contributed by atoms with van der Waals surface area (Å²) in [5.74, 6) is 1.73. The summed E-state index contributed by atoms with van der Waals surface area (Å²) in [6.45, 7) is 7.61. The van der Waals surface area contributed by atoms with Crippen molar-refractivity contribution in [2.24, 2.45) is 23.7 Å². The van der Waals surface area contributed by atoms with Gasteiger partial charge in [0.05, 0.1) is 30.6 Å². The van der Waals surface area contributed by atoms with Crippen LogP contribution in [0, 0.1) is 23.7 Å². The van der Waals surface area contributed by atoms with Gasteiger partial charge in [-0.1, -0.05) is 89.1 Å². The van der Waals surface area contributed by atoms with Crippen molar-refractivity contribution in [1.82, 2.24) is 40.4 Å². The number of ether oxygens (including phenoxy) is 1. The predicted octanol–water partition coefficient (Wildman–Crippen LogP) is 8.84. The molecule has 2 aliphatic carbocycles. The van der Waals surface area contributed by atoms with Gasteiger partial charge in [0.15, 0.2) is 0 Å². The van der Waals surface area contributed by atoms with Crippen LogP contribution in [0.15, 0.2) is 73.1 Å². The zero-order chi connectivity index (χ0) is 44.1. The number of amides is 4. The number of carboxylic acid groups (broad SMARTS) is 1. The Balaban J connectivity index is 0.901. The molecule has 5 aromatic rings. The lowest BCUT2D eigenvalue weighted by atomic mass is 9.98. The fourth-order valence-corrected chi connectivity index (χ4v) is 11.1. The average Bonchev–Trinajstić information content (AvgIpc) is 4.13. The lowest BCUT2D eigenvalue weighted by molar-refractivity contribution is -0.138. The molecule has 4 fully saturated rings. The highest BCUT2D eigenvalue weighted by molar-refractivity contribution is 5.91. The first-order chi connectivity index (χ1) is 30.4. The quantitative estimate of drug-likeness (QED) is 0.0872. The number of benzene rings is 3. The molecule has 9 rings (SSSR count). The van der Waals surface area contributed by atoms with Gasteiger partial charge < -0.3 is 40.2 Å². The van der Waals surface area contributed by atoms with Crippen LogP contribution in [0.3, 0.4) is 0 Å². The molecule has 2 saturated heterocycles. The van der Waals surface area contributed by atoms with Gasteiger partial charge in [-0.2, -0.15) is 0 Å². The molecule has 0 radical (unpaired) electrons. The maximum absolute atomic E-state index is 14.1. The van der Waals surface area contributed by atoms with Crippen molar-refractivity contribution in [1.29, 1.82) is 0 Å². The maximum atomic E-state index is 14.1. The summed E-state index contributed by atoms with van der Waals surface area (Å²) in [5, 5.41) is 16.9. The van der Waals surface area contributed by atoms with Gasteiger partial charge in [0.25, 0.3) is 0 Å². The smallest absolute Gasteiger partial charge is 0.407 e. The second kappa shape index (κ2) is 17.2. The van der Waals surface area contributed by atoms with E-state index in [0.29, 0.717) is 11.8 Å². The lowest BCUT2D eigenvalue weighted by Gasteiger charge is -2.33. The third kappa shape index (κ3) is 8.04. The van der Waals surface area contributed by atoms with E-state index in [4.69, 9.17) is 14.7 Å². The molecule has 2 unspecified atom stereocenters. The Bertz CT molecular complexity index is 2510. The van der Waals surface area contributed by atoms with Crippen molar-refractivity contribution >= 4 is 34.8 Å². The third-order valence-corrected chi connectivity index (χ3v) is 14.3. The Morgan fingerprint density at radius 2 is 1.11 bits per heavy atom. The zero-order valence-electron chi connectivity index (χ0n) is 36.6. The number of aromatic nitrogens is 4. The number of fused-ring (bicyclic) bond motifs is 3. The van der Waals surface area contributed by atoms with Gasteiger partial charge in [0.1, 0.15) is 23.7 Å². The van der Waals surface area contributed by atoms with E-state index in [1.165, 1.54) is 7.11 Å². The number of hydrogen-bond acceptors (Lipinski definition) is 7. The second-order valence-electron chi connectivity index (χ2n) is 18.7. The van der Waals surface area contributed by atoms with Crippen LogP contribution < -0.4 is 10.6 Å². The fourth-order valence-electron chi connectivity index (χ4n) is 11.1. The van der Waals surface area contributed by atoms with Crippen molar-refractivity contribution in [3.8, 4) is 33.6 Å². The topological polar surface area (TPSA) is 186 Å². The molecule has 8 atom stereocenters. The molecule has 14 heteroatoms. The Morgan fingerprint density at radius 1 is 0.651 bits per heavy atom. The standard InChI is InChI=1S/C49H58N8O6/c1-26(2)42(54-48(60)61)46(58)56-38-10-6-8-34(38)23-41(56)45-51-25-37(53-45)33-19-18-31-20-30(16-17-32(31)21-33)28-12-14-29(15-13-28)36-24-50-44(52-36)40-22-35-9-7-11-39(35)57(40)47(59)43(27(3)4)55-49(62)63-5/h12-21,24-27,34-35,38-43,54H,6-11,22-23H2,1-5H3,(H,50,52)(H,51,53)(H,55,62)(H,60,61)/t34-,35-,38-,39-,40-,41-,42?,43?/m0/s1. The van der Waals surface area contributed by atoms with Gasteiger partial charge >= 0.3 is 12.2 Å². The summed E-state index contributed by atoms with van der Waals surface area (Å²) >= 11 is 0. The molecule has 5 N–H and O–H groups in total. The van der Waals surface area contributed by atoms with Gasteiger partial charge in [-0.3, -0.25) is 9.59 Å². The van der Waals surface area contributed by atoms with E-state index in [0.717, 1.165) is 107 Å². The highest BCUT2D eigenvalue weighted by atomic mass is 16.5. The molecule has 4 amide bonds. The van der Waals surface area contributed by atoms with Crippen molar-refractivity contribution in [3.63, 3.8) is 0 Å². The number of carbonyl (C=O) groups is 4. The molecule has 330 valence electrons. The molecule has 0 spiro atoms. The van der Waals surface area contributed by atoms with Crippen LogP contribution in [0.25, 0.3) is 44.4 Å².